The summed E-state index contributed by atoms with van der Waals surface area (Å²) in [5, 5.41) is 15.0. The molecule has 0 saturated heterocycles. The fraction of sp³-hybridized carbons (Fsp3) is 0.0455. The number of para-hydroxylation sites is 2. The van der Waals surface area contributed by atoms with E-state index in [9.17, 15) is 0 Å². The first-order chi connectivity index (χ1) is 35.2. The topological polar surface area (TPSA) is 34.2 Å². The molecule has 3 aromatic heterocycles. The van der Waals surface area contributed by atoms with Crippen molar-refractivity contribution in [3.63, 3.8) is 0 Å². The van der Waals surface area contributed by atoms with Crippen molar-refractivity contribution in [2.75, 3.05) is 0 Å². The lowest BCUT2D eigenvalue weighted by Gasteiger charge is -2.24. The monoisotopic (exact) mass is 924 g/mol. The largest absolute Gasteiger partial charge is 0.345 e. The molecule has 0 radical (unpaired) electrons. The average Bonchev–Trinajstić information content (AvgIpc) is 4.14. The highest BCUT2D eigenvalue weighted by Gasteiger charge is 2.26. The van der Waals surface area contributed by atoms with Crippen molar-refractivity contribution in [3.8, 4) is 38.4 Å². The molecule has 1 N–H and O–H groups in total. The number of allylic oxidation sites excluding steroid dienone is 1. The van der Waals surface area contributed by atoms with Crippen LogP contribution in [0.2, 0.25) is 0 Å². The Labute approximate surface area is 414 Å². The Morgan fingerprint density at radius 3 is 2.03 bits per heavy atom. The normalized spacial score (nSPS) is 14.4. The first-order valence-electron chi connectivity index (χ1n) is 24.6. The lowest BCUT2D eigenvalue weighted by molar-refractivity contribution is 0.491. The zero-order chi connectivity index (χ0) is 46.6. The van der Waals surface area contributed by atoms with E-state index in [0.717, 1.165) is 50.7 Å². The van der Waals surface area contributed by atoms with Gasteiger partial charge in [0, 0.05) is 37.7 Å². The third kappa shape index (κ3) is 6.26. The van der Waals surface area contributed by atoms with Crippen LogP contribution in [0.3, 0.4) is 0 Å². The second kappa shape index (κ2) is 15.9. The molecule has 0 bridgehead atoms. The SMILES string of the molecule is C1=Cc2c(ccc3c2c2cccc(-c4ccc5c(c4)c4c6ccccc6ccc4n5C4N=c5cc(-c6ccccc6)sc5=C(c5ccc(-c6cccc7ccccc67)cc5)N4)c2n3-c2ccccc2)CC1. The van der Waals surface area contributed by atoms with E-state index >= 15 is 0 Å². The number of hydrogen-bond acceptors (Lipinski definition) is 3. The number of rotatable bonds is 6. The highest BCUT2D eigenvalue weighted by molar-refractivity contribution is 7.13. The number of nitrogens with one attached hydrogen (secondary N) is 1. The summed E-state index contributed by atoms with van der Waals surface area (Å²) in [5.41, 5.74) is 16.9. The maximum Gasteiger partial charge on any atom is 0.201 e. The first kappa shape index (κ1) is 40.1. The van der Waals surface area contributed by atoms with Crippen LogP contribution in [0, 0.1) is 0 Å². The van der Waals surface area contributed by atoms with Crippen LogP contribution < -0.4 is 15.2 Å². The van der Waals surface area contributed by atoms with Crippen molar-refractivity contribution in [1.29, 1.82) is 0 Å². The third-order valence-electron chi connectivity index (χ3n) is 15.0. The summed E-state index contributed by atoms with van der Waals surface area (Å²) in [4.78, 5) is 6.85. The van der Waals surface area contributed by atoms with E-state index in [2.05, 4.69) is 245 Å². The van der Waals surface area contributed by atoms with Crippen molar-refractivity contribution in [2.24, 2.45) is 4.99 Å². The molecule has 1 atom stereocenters. The Bertz CT molecular complexity index is 4470. The van der Waals surface area contributed by atoms with Crippen LogP contribution >= 0.6 is 11.3 Å². The van der Waals surface area contributed by atoms with Gasteiger partial charge in [0.15, 0.2) is 0 Å². The number of hydrogen-bond donors (Lipinski definition) is 1. The van der Waals surface area contributed by atoms with Gasteiger partial charge in [-0.3, -0.25) is 0 Å². The van der Waals surface area contributed by atoms with Crippen LogP contribution in [0.4, 0.5) is 0 Å². The predicted octanol–water partition coefficient (Wildman–Crippen LogP) is 15.8. The number of benzene rings is 10. The van der Waals surface area contributed by atoms with Gasteiger partial charge in [-0.2, -0.15) is 0 Å². The van der Waals surface area contributed by atoms with Gasteiger partial charge < -0.3 is 14.5 Å². The molecule has 334 valence electrons. The molecule has 71 heavy (non-hydrogen) atoms. The summed E-state index contributed by atoms with van der Waals surface area (Å²) in [6.45, 7) is 0. The van der Waals surface area contributed by atoms with E-state index in [1.165, 1.54) is 97.9 Å². The van der Waals surface area contributed by atoms with Gasteiger partial charge in [-0.05, 0) is 116 Å². The quantitative estimate of drug-likeness (QED) is 0.177. The van der Waals surface area contributed by atoms with E-state index in [1.807, 2.05) is 0 Å². The summed E-state index contributed by atoms with van der Waals surface area (Å²) in [6, 6.07) is 80.3. The molecule has 15 rings (SSSR count). The number of aromatic nitrogens is 2. The van der Waals surface area contributed by atoms with E-state index in [1.54, 1.807) is 11.3 Å². The second-order valence-corrected chi connectivity index (χ2v) is 20.0. The molecule has 13 aromatic rings. The fourth-order valence-corrected chi connectivity index (χ4v) is 12.9. The predicted molar refractivity (Wildman–Crippen MR) is 299 cm³/mol. The summed E-state index contributed by atoms with van der Waals surface area (Å²) in [6.07, 6.45) is 6.41. The second-order valence-electron chi connectivity index (χ2n) is 18.9. The third-order valence-corrected chi connectivity index (χ3v) is 16.2. The van der Waals surface area contributed by atoms with Gasteiger partial charge in [0.2, 0.25) is 6.29 Å². The van der Waals surface area contributed by atoms with Gasteiger partial charge in [0.1, 0.15) is 0 Å². The first-order valence-corrected chi connectivity index (χ1v) is 25.4. The Kier molecular flexibility index (Phi) is 8.99. The molecule has 4 nitrogen and oxygen atoms in total. The van der Waals surface area contributed by atoms with Crippen molar-refractivity contribution < 1.29 is 0 Å². The number of nitrogens with zero attached hydrogens (tertiary/aromatic N) is 3. The zero-order valence-electron chi connectivity index (χ0n) is 38.7. The van der Waals surface area contributed by atoms with Crippen LogP contribution in [-0.2, 0) is 6.42 Å². The summed E-state index contributed by atoms with van der Waals surface area (Å²) in [5.74, 6) is 0. The van der Waals surface area contributed by atoms with E-state index in [0.29, 0.717) is 0 Å². The van der Waals surface area contributed by atoms with Crippen LogP contribution in [-0.4, -0.2) is 9.13 Å². The van der Waals surface area contributed by atoms with Crippen LogP contribution in [0.1, 0.15) is 29.4 Å². The maximum absolute atomic E-state index is 5.65. The highest BCUT2D eigenvalue weighted by Crippen LogP contribution is 2.44. The van der Waals surface area contributed by atoms with Gasteiger partial charge in [-0.15, -0.1) is 11.3 Å². The van der Waals surface area contributed by atoms with Crippen molar-refractivity contribution in [1.82, 2.24) is 14.5 Å². The molecule has 5 heteroatoms. The Morgan fingerprint density at radius 1 is 0.493 bits per heavy atom. The number of fused-ring (bicyclic) bond motifs is 12. The molecule has 1 aliphatic carbocycles. The van der Waals surface area contributed by atoms with Crippen molar-refractivity contribution in [3.05, 3.63) is 251 Å². The van der Waals surface area contributed by atoms with Crippen molar-refractivity contribution in [2.45, 2.75) is 19.1 Å². The van der Waals surface area contributed by atoms with Gasteiger partial charge in [0.25, 0.3) is 0 Å². The Balaban J connectivity index is 0.943. The summed E-state index contributed by atoms with van der Waals surface area (Å²) in [7, 11) is 0. The Morgan fingerprint density at radius 2 is 1.17 bits per heavy atom. The number of aryl methyl sites for hydroxylation is 1. The molecule has 1 aliphatic heterocycles. The molecule has 2 aliphatic rings. The minimum Gasteiger partial charge on any atom is -0.345 e. The number of thiophene rings is 1. The highest BCUT2D eigenvalue weighted by atomic mass is 32.1. The molecule has 0 spiro atoms. The minimum atomic E-state index is -0.427. The van der Waals surface area contributed by atoms with Gasteiger partial charge in [-0.1, -0.05) is 188 Å². The molecule has 0 fully saturated rings. The molecule has 0 amide bonds. The van der Waals surface area contributed by atoms with Gasteiger partial charge in [-0.25, -0.2) is 4.99 Å². The van der Waals surface area contributed by atoms with E-state index in [-0.39, 0.29) is 0 Å². The average molecular weight is 925 g/mol. The minimum absolute atomic E-state index is 0.427. The smallest absolute Gasteiger partial charge is 0.201 e. The lowest BCUT2D eigenvalue weighted by atomic mass is 9.92. The molecule has 10 aromatic carbocycles. The maximum atomic E-state index is 5.65. The summed E-state index contributed by atoms with van der Waals surface area (Å²) >= 11 is 1.80. The van der Waals surface area contributed by atoms with Gasteiger partial charge >= 0.3 is 0 Å². The van der Waals surface area contributed by atoms with Crippen LogP contribution in [0.25, 0.3) is 115 Å². The lowest BCUT2D eigenvalue weighted by Crippen LogP contribution is -2.39. The standard InChI is InChI=1S/C66H44N4S/c1-3-18-45(19-4-1)60-40-56-65(71-60)63(46-31-29-44(30-32-46)50-26-13-20-41-15-7-10-23-49(41)50)68-66(67-56)70-57-36-35-47(39-55(57)62-52-25-12-9-17-43(52)34-38-59(62)70)53-27-14-28-54-61-51-24-11-8-16-42(51)33-37-58(61)69(64(53)54)48-21-5-2-6-22-48/h1-7,9-15,17-40,66,68H,8,16H2. The van der Waals surface area contributed by atoms with Crippen LogP contribution in [0.15, 0.2) is 229 Å². The zero-order valence-corrected chi connectivity index (χ0v) is 39.5. The van der Waals surface area contributed by atoms with Crippen molar-refractivity contribution >= 4 is 88.3 Å². The summed E-state index contributed by atoms with van der Waals surface area (Å²) < 4.78 is 6.07. The van der Waals surface area contributed by atoms with E-state index < -0.39 is 6.29 Å². The Hall–Kier alpha value is -8.77. The van der Waals surface area contributed by atoms with Gasteiger partial charge in [0.05, 0.1) is 37.7 Å². The molecule has 1 unspecified atom stereocenters. The molecule has 4 heterocycles. The van der Waals surface area contributed by atoms with E-state index in [4.69, 9.17) is 4.99 Å². The molecular formula is C66H44N4S. The van der Waals surface area contributed by atoms with Crippen LogP contribution in [0.5, 0.6) is 0 Å². The molecular weight excluding hydrogens is 881 g/mol. The fourth-order valence-electron chi connectivity index (χ4n) is 11.8. The molecule has 0 saturated carbocycles.